The summed E-state index contributed by atoms with van der Waals surface area (Å²) in [6, 6.07) is 0.998. The fourth-order valence-corrected chi connectivity index (χ4v) is 3.41. The molecular formula is C18H39NO3Si2. The second kappa shape index (κ2) is 10.4. The zero-order valence-corrected chi connectivity index (χ0v) is 19.1. The van der Waals surface area contributed by atoms with Crippen molar-refractivity contribution in [2.45, 2.75) is 83.9 Å². The van der Waals surface area contributed by atoms with E-state index in [0.29, 0.717) is 6.61 Å². The van der Waals surface area contributed by atoms with Gasteiger partial charge in [-0.1, -0.05) is 46.5 Å². The first-order valence-corrected chi connectivity index (χ1v) is 15.7. The minimum Gasteiger partial charge on any atom is -0.450 e. The lowest BCUT2D eigenvalue weighted by Crippen LogP contribution is -2.40. The van der Waals surface area contributed by atoms with Crippen LogP contribution in [0, 0.1) is 0 Å². The van der Waals surface area contributed by atoms with Crippen LogP contribution >= 0.6 is 0 Å². The molecule has 0 atom stereocenters. The van der Waals surface area contributed by atoms with Gasteiger partial charge in [0.25, 0.3) is 0 Å². The summed E-state index contributed by atoms with van der Waals surface area (Å²) in [5, 5.41) is 2.92. The van der Waals surface area contributed by atoms with Crippen LogP contribution in [-0.4, -0.2) is 35.7 Å². The van der Waals surface area contributed by atoms with E-state index >= 15 is 0 Å². The Morgan fingerprint density at radius 3 is 2.21 bits per heavy atom. The van der Waals surface area contributed by atoms with Crippen LogP contribution in [-0.2, 0) is 9.16 Å². The quantitative estimate of drug-likeness (QED) is 0.391. The van der Waals surface area contributed by atoms with Crippen molar-refractivity contribution in [3.05, 3.63) is 12.3 Å². The summed E-state index contributed by atoms with van der Waals surface area (Å²) in [6.45, 7) is 19.5. The molecule has 0 saturated heterocycles. The highest BCUT2D eigenvalue weighted by Gasteiger charge is 2.36. The Bertz CT molecular complexity index is 396. The number of unbranched alkanes of at least 4 members (excludes halogenated alkanes) is 2. The molecule has 0 aromatic rings. The van der Waals surface area contributed by atoms with E-state index in [1.165, 1.54) is 0 Å². The van der Waals surface area contributed by atoms with E-state index in [1.807, 2.05) is 6.08 Å². The third-order valence-electron chi connectivity index (χ3n) is 4.44. The van der Waals surface area contributed by atoms with Crippen LogP contribution in [0.1, 0.15) is 40.0 Å². The molecule has 0 saturated carbocycles. The zero-order valence-electron chi connectivity index (χ0n) is 17.1. The molecule has 0 radical (unpaired) electrons. The first-order valence-electron chi connectivity index (χ1n) is 9.07. The summed E-state index contributed by atoms with van der Waals surface area (Å²) in [5.41, 5.74) is 0. The van der Waals surface area contributed by atoms with Crippen LogP contribution in [0.2, 0.25) is 43.8 Å². The van der Waals surface area contributed by atoms with Crippen LogP contribution < -0.4 is 5.32 Å². The van der Waals surface area contributed by atoms with Gasteiger partial charge in [0.05, 0.1) is 6.61 Å². The van der Waals surface area contributed by atoms with Crippen molar-refractivity contribution >= 4 is 22.5 Å². The number of allylic oxidation sites excluding steroid dienone is 1. The molecule has 0 aliphatic heterocycles. The van der Waals surface area contributed by atoms with E-state index < -0.39 is 16.4 Å². The molecule has 1 amide bonds. The second-order valence-electron chi connectivity index (χ2n) is 9.10. The number of nitrogens with one attached hydrogen (secondary N) is 1. The summed E-state index contributed by atoms with van der Waals surface area (Å²) < 4.78 is 11.3. The Morgan fingerprint density at radius 2 is 1.67 bits per heavy atom. The summed E-state index contributed by atoms with van der Waals surface area (Å²) in [6.07, 6.45) is 6.37. The van der Waals surface area contributed by atoms with Crippen LogP contribution in [0.25, 0.3) is 0 Å². The van der Waals surface area contributed by atoms with Gasteiger partial charge in [0, 0.05) is 20.9 Å². The van der Waals surface area contributed by atoms with Crippen LogP contribution in [0.3, 0.4) is 0 Å². The first-order chi connectivity index (χ1) is 10.9. The molecule has 4 nitrogen and oxygen atoms in total. The lowest BCUT2D eigenvalue weighted by Gasteiger charge is -2.36. The van der Waals surface area contributed by atoms with Crippen molar-refractivity contribution in [3.63, 3.8) is 0 Å². The average molecular weight is 374 g/mol. The van der Waals surface area contributed by atoms with Crippen LogP contribution in [0.15, 0.2) is 12.3 Å². The molecule has 0 rings (SSSR count). The minimum absolute atomic E-state index is 0.270. The fraction of sp³-hybridized carbons (Fsp3) is 0.833. The summed E-state index contributed by atoms with van der Waals surface area (Å²) in [7, 11) is -2.75. The summed E-state index contributed by atoms with van der Waals surface area (Å²) in [5.74, 6) is 0. The molecule has 0 aliphatic rings. The standard InChI is InChI=1S/C18H39NO3Si2/c1-18(2,3)24(7,8)22-14-12-10-9-11-13-19-17(20)21-15-16-23(4,5)6/h11,13H,9-10,12,14-16H2,1-8H3,(H,19,20)/b13-11+. The maximum atomic E-state index is 11.5. The van der Waals surface area contributed by atoms with Gasteiger partial charge in [0.15, 0.2) is 8.32 Å². The van der Waals surface area contributed by atoms with Crippen LogP contribution in [0.4, 0.5) is 4.79 Å². The van der Waals surface area contributed by atoms with E-state index in [1.54, 1.807) is 6.20 Å². The molecular weight excluding hydrogens is 334 g/mol. The van der Waals surface area contributed by atoms with Crippen molar-refractivity contribution in [1.29, 1.82) is 0 Å². The Labute approximate surface area is 151 Å². The predicted molar refractivity (Wildman–Crippen MR) is 109 cm³/mol. The summed E-state index contributed by atoms with van der Waals surface area (Å²) in [4.78, 5) is 11.5. The molecule has 24 heavy (non-hydrogen) atoms. The minimum atomic E-state index is -1.61. The Balaban J connectivity index is 3.68. The fourth-order valence-electron chi connectivity index (χ4n) is 1.61. The number of hydrogen-bond acceptors (Lipinski definition) is 3. The number of alkyl carbamates (subject to hydrolysis) is 1. The van der Waals surface area contributed by atoms with E-state index in [4.69, 9.17) is 9.16 Å². The number of carbonyl (C=O) groups excluding carboxylic acids is 1. The van der Waals surface area contributed by atoms with Crippen LogP contribution in [0.5, 0.6) is 0 Å². The number of rotatable bonds is 10. The SMILES string of the molecule is CC(C)(C)[Si](C)(C)OCCCC/C=C/NC(=O)OCC[Si](C)(C)C. The highest BCUT2D eigenvalue weighted by atomic mass is 28.4. The monoisotopic (exact) mass is 373 g/mol. The van der Waals surface area contributed by atoms with Gasteiger partial charge in [0.2, 0.25) is 0 Å². The smallest absolute Gasteiger partial charge is 0.411 e. The molecule has 142 valence electrons. The molecule has 0 heterocycles. The Morgan fingerprint density at radius 1 is 1.04 bits per heavy atom. The lowest BCUT2D eigenvalue weighted by atomic mass is 10.2. The first kappa shape index (κ1) is 23.4. The molecule has 0 aromatic carbocycles. The molecule has 0 bridgehead atoms. The van der Waals surface area contributed by atoms with Gasteiger partial charge in [-0.2, -0.15) is 0 Å². The van der Waals surface area contributed by atoms with Gasteiger partial charge in [-0.3, -0.25) is 5.32 Å². The predicted octanol–water partition coefficient (Wildman–Crippen LogP) is 5.76. The van der Waals surface area contributed by atoms with Gasteiger partial charge in [-0.05, 0) is 43.4 Å². The largest absolute Gasteiger partial charge is 0.450 e. The van der Waals surface area contributed by atoms with E-state index in [-0.39, 0.29) is 11.1 Å². The molecule has 0 aromatic heterocycles. The summed E-state index contributed by atoms with van der Waals surface area (Å²) >= 11 is 0. The van der Waals surface area contributed by atoms with Crippen molar-refractivity contribution in [3.8, 4) is 0 Å². The second-order valence-corrected chi connectivity index (χ2v) is 19.5. The number of ether oxygens (including phenoxy) is 1. The molecule has 0 aliphatic carbocycles. The molecule has 0 unspecified atom stereocenters. The third kappa shape index (κ3) is 11.9. The number of amides is 1. The van der Waals surface area contributed by atoms with Crippen molar-refractivity contribution in [2.24, 2.45) is 0 Å². The van der Waals surface area contributed by atoms with Gasteiger partial charge >= 0.3 is 6.09 Å². The third-order valence-corrected chi connectivity index (χ3v) is 10.7. The Kier molecular flexibility index (Phi) is 10.1. The van der Waals surface area contributed by atoms with Gasteiger partial charge < -0.3 is 9.16 Å². The van der Waals surface area contributed by atoms with Gasteiger partial charge in [-0.15, -0.1) is 0 Å². The number of carbonyl (C=O) groups is 1. The lowest BCUT2D eigenvalue weighted by molar-refractivity contribution is 0.156. The van der Waals surface area contributed by atoms with Crippen molar-refractivity contribution in [1.82, 2.24) is 5.32 Å². The molecule has 6 heteroatoms. The highest BCUT2D eigenvalue weighted by Crippen LogP contribution is 2.36. The van der Waals surface area contributed by atoms with E-state index in [9.17, 15) is 4.79 Å². The average Bonchev–Trinajstić information content (AvgIpc) is 2.38. The molecule has 0 fully saturated rings. The van der Waals surface area contributed by atoms with Crippen molar-refractivity contribution < 1.29 is 14.0 Å². The zero-order chi connectivity index (χ0) is 18.9. The van der Waals surface area contributed by atoms with Gasteiger partial charge in [0.1, 0.15) is 0 Å². The molecule has 1 N–H and O–H groups in total. The Hall–Kier alpha value is -0.596. The topological polar surface area (TPSA) is 47.6 Å². The van der Waals surface area contributed by atoms with Crippen molar-refractivity contribution in [2.75, 3.05) is 13.2 Å². The maximum Gasteiger partial charge on any atom is 0.411 e. The number of hydrogen-bond donors (Lipinski definition) is 1. The van der Waals surface area contributed by atoms with E-state index in [0.717, 1.165) is 31.9 Å². The maximum absolute atomic E-state index is 11.5. The van der Waals surface area contributed by atoms with Gasteiger partial charge in [-0.25, -0.2) is 4.79 Å². The highest BCUT2D eigenvalue weighted by molar-refractivity contribution is 6.76. The van der Waals surface area contributed by atoms with E-state index in [2.05, 4.69) is 58.8 Å². The molecule has 0 spiro atoms. The normalized spacial score (nSPS) is 13.3.